The second-order valence-corrected chi connectivity index (χ2v) is 5.42. The van der Waals surface area contributed by atoms with Crippen LogP contribution in [0.2, 0.25) is 0 Å². The molecular weight excluding hydrogens is 292 g/mol. The molecule has 0 fully saturated rings. The quantitative estimate of drug-likeness (QED) is 0.482. The van der Waals surface area contributed by atoms with Crippen LogP contribution in [0, 0.1) is 10.1 Å². The maximum absolute atomic E-state index is 11.5. The molecule has 0 spiro atoms. The lowest BCUT2D eigenvalue weighted by molar-refractivity contribution is -0.383. The number of anilines is 1. The highest BCUT2D eigenvalue weighted by Gasteiger charge is 2.25. The third kappa shape index (κ3) is 3.38. The van der Waals surface area contributed by atoms with Crippen molar-refractivity contribution in [2.45, 2.75) is 6.54 Å². The second kappa shape index (κ2) is 6.36. The molecule has 2 aromatic rings. The van der Waals surface area contributed by atoms with E-state index in [1.807, 2.05) is 30.3 Å². The summed E-state index contributed by atoms with van der Waals surface area (Å²) in [6, 6.07) is 10.9. The Morgan fingerprint density at radius 3 is 2.62 bits per heavy atom. The molecule has 0 saturated carbocycles. The van der Waals surface area contributed by atoms with Gasteiger partial charge in [-0.25, -0.2) is 4.79 Å². The molecule has 7 heteroatoms. The maximum Gasteiger partial charge on any atom is 0.348 e. The van der Waals surface area contributed by atoms with Crippen LogP contribution in [-0.2, 0) is 11.3 Å². The minimum atomic E-state index is -0.567. The number of esters is 1. The van der Waals surface area contributed by atoms with Gasteiger partial charge in [-0.1, -0.05) is 30.3 Å². The van der Waals surface area contributed by atoms with E-state index in [1.165, 1.54) is 13.2 Å². The van der Waals surface area contributed by atoms with Gasteiger partial charge in [0.1, 0.15) is 4.88 Å². The van der Waals surface area contributed by atoms with Crippen LogP contribution in [0.1, 0.15) is 15.2 Å². The Kier molecular flexibility index (Phi) is 4.54. The van der Waals surface area contributed by atoms with Crippen LogP contribution < -0.4 is 4.90 Å². The van der Waals surface area contributed by atoms with Crippen LogP contribution in [0.3, 0.4) is 0 Å². The van der Waals surface area contributed by atoms with E-state index in [4.69, 9.17) is 0 Å². The molecule has 0 saturated heterocycles. The van der Waals surface area contributed by atoms with Crippen LogP contribution in [0.4, 0.5) is 10.7 Å². The lowest BCUT2D eigenvalue weighted by Gasteiger charge is -2.16. The first kappa shape index (κ1) is 15.0. The molecule has 6 nitrogen and oxygen atoms in total. The van der Waals surface area contributed by atoms with Gasteiger partial charge in [-0.2, -0.15) is 0 Å². The average molecular weight is 306 g/mol. The number of benzene rings is 1. The van der Waals surface area contributed by atoms with Gasteiger partial charge in [0.2, 0.25) is 0 Å². The topological polar surface area (TPSA) is 72.7 Å². The smallest absolute Gasteiger partial charge is 0.348 e. The van der Waals surface area contributed by atoms with E-state index in [0.717, 1.165) is 16.9 Å². The minimum absolute atomic E-state index is 0.0844. The standard InChI is InChI=1S/C14H14N2O4S/c1-15(9-10-6-4-3-5-7-10)13-11(16(18)19)8-12(21-13)14(17)20-2/h3-8H,9H2,1-2H3. The number of hydrogen-bond donors (Lipinski definition) is 0. The first-order valence-corrected chi connectivity index (χ1v) is 6.96. The van der Waals surface area contributed by atoms with Crippen molar-refractivity contribution in [2.24, 2.45) is 0 Å². The predicted octanol–water partition coefficient (Wildman–Crippen LogP) is 3.08. The Hall–Kier alpha value is -2.41. The van der Waals surface area contributed by atoms with E-state index in [0.29, 0.717) is 11.5 Å². The fourth-order valence-corrected chi connectivity index (χ4v) is 2.91. The Morgan fingerprint density at radius 2 is 2.05 bits per heavy atom. The molecule has 0 unspecified atom stereocenters. The van der Waals surface area contributed by atoms with Crippen molar-refractivity contribution in [1.29, 1.82) is 0 Å². The third-order valence-corrected chi connectivity index (χ3v) is 4.10. The molecule has 0 atom stereocenters. The summed E-state index contributed by atoms with van der Waals surface area (Å²) < 4.78 is 4.61. The summed E-state index contributed by atoms with van der Waals surface area (Å²) in [5.41, 5.74) is 0.946. The van der Waals surface area contributed by atoms with Gasteiger partial charge < -0.3 is 9.64 Å². The Bertz CT molecular complexity index is 654. The van der Waals surface area contributed by atoms with Crippen LogP contribution >= 0.6 is 11.3 Å². The summed E-state index contributed by atoms with van der Waals surface area (Å²) in [6.45, 7) is 0.517. The molecule has 0 radical (unpaired) electrons. The molecule has 0 N–H and O–H groups in total. The van der Waals surface area contributed by atoms with Gasteiger partial charge in [0.25, 0.3) is 0 Å². The highest BCUT2D eigenvalue weighted by atomic mass is 32.1. The summed E-state index contributed by atoms with van der Waals surface area (Å²) in [6.07, 6.45) is 0. The molecule has 0 bridgehead atoms. The van der Waals surface area contributed by atoms with Gasteiger partial charge in [0.15, 0.2) is 5.00 Å². The number of thiophene rings is 1. The Morgan fingerprint density at radius 1 is 1.38 bits per heavy atom. The number of nitro groups is 1. The molecule has 0 amide bonds. The molecule has 1 aromatic carbocycles. The summed E-state index contributed by atoms with van der Waals surface area (Å²) in [5.74, 6) is -0.567. The van der Waals surface area contributed by atoms with E-state index in [-0.39, 0.29) is 10.6 Å². The molecule has 1 aromatic heterocycles. The van der Waals surface area contributed by atoms with E-state index in [1.54, 1.807) is 11.9 Å². The van der Waals surface area contributed by atoms with Crippen molar-refractivity contribution in [2.75, 3.05) is 19.1 Å². The number of methoxy groups -OCH3 is 1. The largest absolute Gasteiger partial charge is 0.465 e. The normalized spacial score (nSPS) is 10.2. The molecule has 1 heterocycles. The summed E-state index contributed by atoms with van der Waals surface area (Å²) in [5, 5.41) is 11.6. The van der Waals surface area contributed by atoms with Gasteiger partial charge in [-0.3, -0.25) is 10.1 Å². The van der Waals surface area contributed by atoms with Crippen molar-refractivity contribution in [3.63, 3.8) is 0 Å². The van der Waals surface area contributed by atoms with Crippen molar-refractivity contribution < 1.29 is 14.5 Å². The third-order valence-electron chi connectivity index (χ3n) is 2.89. The lowest BCUT2D eigenvalue weighted by Crippen LogP contribution is -2.16. The van der Waals surface area contributed by atoms with Gasteiger partial charge in [-0.05, 0) is 5.56 Å². The van der Waals surface area contributed by atoms with Gasteiger partial charge in [-0.15, -0.1) is 11.3 Å². The van der Waals surface area contributed by atoms with Crippen molar-refractivity contribution in [3.8, 4) is 0 Å². The first-order valence-electron chi connectivity index (χ1n) is 6.14. The second-order valence-electron chi connectivity index (χ2n) is 4.39. The number of carbonyl (C=O) groups is 1. The molecule has 21 heavy (non-hydrogen) atoms. The molecule has 110 valence electrons. The number of nitrogens with zero attached hydrogens (tertiary/aromatic N) is 2. The molecule has 2 rings (SSSR count). The number of hydrogen-bond acceptors (Lipinski definition) is 6. The average Bonchev–Trinajstić information content (AvgIpc) is 2.93. The zero-order valence-electron chi connectivity index (χ0n) is 11.6. The monoisotopic (exact) mass is 306 g/mol. The fourth-order valence-electron chi connectivity index (χ4n) is 1.91. The number of carbonyl (C=O) groups excluding carboxylic acids is 1. The first-order chi connectivity index (χ1) is 10.0. The zero-order chi connectivity index (χ0) is 15.4. The molecule has 0 aliphatic heterocycles. The predicted molar refractivity (Wildman–Crippen MR) is 80.9 cm³/mol. The van der Waals surface area contributed by atoms with E-state index < -0.39 is 10.9 Å². The Balaban J connectivity index is 2.31. The van der Waals surface area contributed by atoms with E-state index >= 15 is 0 Å². The van der Waals surface area contributed by atoms with Crippen molar-refractivity contribution >= 4 is 28.0 Å². The van der Waals surface area contributed by atoms with Crippen LogP contribution in [0.5, 0.6) is 0 Å². The highest BCUT2D eigenvalue weighted by Crippen LogP contribution is 2.37. The summed E-state index contributed by atoms with van der Waals surface area (Å²) in [7, 11) is 3.01. The van der Waals surface area contributed by atoms with Crippen molar-refractivity contribution in [1.82, 2.24) is 0 Å². The van der Waals surface area contributed by atoms with Gasteiger partial charge in [0, 0.05) is 19.7 Å². The highest BCUT2D eigenvalue weighted by molar-refractivity contribution is 7.18. The summed E-state index contributed by atoms with van der Waals surface area (Å²) >= 11 is 1.06. The van der Waals surface area contributed by atoms with E-state index in [2.05, 4.69) is 4.74 Å². The van der Waals surface area contributed by atoms with Crippen molar-refractivity contribution in [3.05, 3.63) is 57.0 Å². The summed E-state index contributed by atoms with van der Waals surface area (Å²) in [4.78, 5) is 24.2. The molecular formula is C14H14N2O4S. The van der Waals surface area contributed by atoms with Crippen LogP contribution in [0.25, 0.3) is 0 Å². The number of ether oxygens (including phenoxy) is 1. The van der Waals surface area contributed by atoms with Crippen LogP contribution in [-0.4, -0.2) is 25.1 Å². The van der Waals surface area contributed by atoms with Gasteiger partial charge >= 0.3 is 11.7 Å². The lowest BCUT2D eigenvalue weighted by atomic mass is 10.2. The number of rotatable bonds is 5. The molecule has 0 aliphatic rings. The van der Waals surface area contributed by atoms with E-state index in [9.17, 15) is 14.9 Å². The fraction of sp³-hybridized carbons (Fsp3) is 0.214. The molecule has 0 aliphatic carbocycles. The SMILES string of the molecule is COC(=O)c1cc([N+](=O)[O-])c(N(C)Cc2ccccc2)s1. The van der Waals surface area contributed by atoms with Gasteiger partial charge in [0.05, 0.1) is 12.0 Å². The minimum Gasteiger partial charge on any atom is -0.465 e. The maximum atomic E-state index is 11.5. The Labute approximate surface area is 125 Å². The van der Waals surface area contributed by atoms with Crippen LogP contribution in [0.15, 0.2) is 36.4 Å². The zero-order valence-corrected chi connectivity index (χ0v) is 12.4.